The van der Waals surface area contributed by atoms with Crippen molar-refractivity contribution in [3.63, 3.8) is 0 Å². The summed E-state index contributed by atoms with van der Waals surface area (Å²) < 4.78 is 4.77. The van der Waals surface area contributed by atoms with E-state index in [-0.39, 0.29) is 17.3 Å². The predicted octanol–water partition coefficient (Wildman–Crippen LogP) is 10.9. The highest BCUT2D eigenvalue weighted by Gasteiger charge is 2.29. The largest absolute Gasteiger partial charge is 0.313 e. The van der Waals surface area contributed by atoms with E-state index in [2.05, 4.69) is 170 Å². The van der Waals surface area contributed by atoms with E-state index in [1.165, 1.54) is 54.7 Å². The Bertz CT molecular complexity index is 2340. The number of aromatic nitrogens is 2. The van der Waals surface area contributed by atoms with Gasteiger partial charge >= 0.3 is 0 Å². The SMILES string of the molecule is CC1C(n2c3ccccc3c3ccccc32)=CC(C#N)=CC1c1cccc(-n2c3ccccc3c3cc(C(C)(C)C)ccc32)c1. The molecular formula is C42H35N3. The third kappa shape index (κ3) is 4.25. The summed E-state index contributed by atoms with van der Waals surface area (Å²) in [5.74, 6) is 0.184. The monoisotopic (exact) mass is 581 g/mol. The van der Waals surface area contributed by atoms with Gasteiger partial charge in [0.25, 0.3) is 0 Å². The summed E-state index contributed by atoms with van der Waals surface area (Å²) >= 11 is 0. The van der Waals surface area contributed by atoms with Crippen molar-refractivity contribution in [2.45, 2.75) is 39.0 Å². The van der Waals surface area contributed by atoms with Crippen molar-refractivity contribution in [2.24, 2.45) is 5.92 Å². The van der Waals surface area contributed by atoms with Gasteiger partial charge in [-0.1, -0.05) is 107 Å². The van der Waals surface area contributed by atoms with E-state index in [1.807, 2.05) is 0 Å². The van der Waals surface area contributed by atoms with Crippen molar-refractivity contribution in [3.8, 4) is 11.8 Å². The number of hydrogen-bond acceptors (Lipinski definition) is 1. The van der Waals surface area contributed by atoms with Gasteiger partial charge in [0, 0.05) is 44.8 Å². The minimum Gasteiger partial charge on any atom is -0.313 e. The smallest absolute Gasteiger partial charge is 0.0989 e. The van der Waals surface area contributed by atoms with E-state index >= 15 is 0 Å². The number of benzene rings is 5. The topological polar surface area (TPSA) is 33.6 Å². The van der Waals surface area contributed by atoms with E-state index in [1.54, 1.807) is 0 Å². The molecule has 2 atom stereocenters. The summed E-state index contributed by atoms with van der Waals surface area (Å²) in [5, 5.41) is 15.2. The number of hydrogen-bond donors (Lipinski definition) is 0. The normalized spacial score (nSPS) is 17.1. The highest BCUT2D eigenvalue weighted by Crippen LogP contribution is 2.43. The van der Waals surface area contributed by atoms with E-state index in [0.717, 1.165) is 11.4 Å². The number of rotatable bonds is 3. The minimum atomic E-state index is 0.0418. The van der Waals surface area contributed by atoms with Crippen molar-refractivity contribution in [1.82, 2.24) is 9.13 Å². The lowest BCUT2D eigenvalue weighted by molar-refractivity contribution is 0.591. The molecule has 1 aliphatic rings. The molecule has 0 radical (unpaired) electrons. The van der Waals surface area contributed by atoms with Gasteiger partial charge in [-0.3, -0.25) is 0 Å². The summed E-state index contributed by atoms with van der Waals surface area (Å²) in [6, 6.07) is 44.2. The molecule has 218 valence electrons. The molecule has 0 bridgehead atoms. The molecule has 0 saturated heterocycles. The van der Waals surface area contributed by atoms with Crippen LogP contribution in [-0.2, 0) is 5.41 Å². The molecule has 0 saturated carbocycles. The first-order chi connectivity index (χ1) is 21.8. The fraction of sp³-hybridized carbons (Fsp3) is 0.167. The number of nitrogens with zero attached hydrogens (tertiary/aromatic N) is 3. The summed E-state index contributed by atoms with van der Waals surface area (Å²) in [4.78, 5) is 0. The van der Waals surface area contributed by atoms with Crippen molar-refractivity contribution >= 4 is 49.3 Å². The van der Waals surface area contributed by atoms with Gasteiger partial charge < -0.3 is 9.13 Å². The molecule has 0 aliphatic heterocycles. The summed E-state index contributed by atoms with van der Waals surface area (Å²) in [7, 11) is 0. The van der Waals surface area contributed by atoms with Crippen LogP contribution in [0.15, 0.2) is 133 Å². The van der Waals surface area contributed by atoms with E-state index in [4.69, 9.17) is 0 Å². The maximum Gasteiger partial charge on any atom is 0.0989 e. The zero-order chi connectivity index (χ0) is 30.9. The molecule has 0 amide bonds. The van der Waals surface area contributed by atoms with Gasteiger partial charge in [0.1, 0.15) is 0 Å². The molecule has 0 N–H and O–H groups in total. The Morgan fingerprint density at radius 1 is 0.622 bits per heavy atom. The fourth-order valence-electron chi connectivity index (χ4n) is 7.37. The van der Waals surface area contributed by atoms with Crippen LogP contribution in [0.3, 0.4) is 0 Å². The summed E-state index contributed by atoms with van der Waals surface area (Å²) in [5.41, 5.74) is 10.3. The van der Waals surface area contributed by atoms with Crippen molar-refractivity contribution in [2.75, 3.05) is 0 Å². The molecule has 1 aliphatic carbocycles. The second-order valence-corrected chi connectivity index (χ2v) is 13.4. The van der Waals surface area contributed by atoms with Crippen LogP contribution >= 0.6 is 0 Å². The first kappa shape index (κ1) is 27.2. The predicted molar refractivity (Wildman–Crippen MR) is 189 cm³/mol. The molecule has 0 fully saturated rings. The molecule has 0 spiro atoms. The maximum atomic E-state index is 10.2. The Morgan fingerprint density at radius 2 is 1.20 bits per heavy atom. The van der Waals surface area contributed by atoms with Crippen LogP contribution in [0.2, 0.25) is 0 Å². The summed E-state index contributed by atoms with van der Waals surface area (Å²) in [6.07, 6.45) is 4.24. The van der Waals surface area contributed by atoms with Crippen LogP contribution in [-0.4, -0.2) is 9.13 Å². The third-order valence-electron chi connectivity index (χ3n) is 9.69. The number of nitriles is 1. The van der Waals surface area contributed by atoms with Gasteiger partial charge in [0.05, 0.1) is 33.7 Å². The van der Waals surface area contributed by atoms with Gasteiger partial charge in [-0.15, -0.1) is 0 Å². The molecule has 2 aromatic heterocycles. The highest BCUT2D eigenvalue weighted by molar-refractivity contribution is 6.11. The molecule has 2 unspecified atom stereocenters. The van der Waals surface area contributed by atoms with Crippen LogP contribution in [0.5, 0.6) is 0 Å². The zero-order valence-corrected chi connectivity index (χ0v) is 26.1. The molecule has 5 aromatic carbocycles. The van der Waals surface area contributed by atoms with Gasteiger partial charge in [0.15, 0.2) is 0 Å². The van der Waals surface area contributed by atoms with Crippen LogP contribution in [0, 0.1) is 17.2 Å². The molecule has 45 heavy (non-hydrogen) atoms. The lowest BCUT2D eigenvalue weighted by Crippen LogP contribution is -2.18. The molecule has 3 nitrogen and oxygen atoms in total. The minimum absolute atomic E-state index is 0.0418. The maximum absolute atomic E-state index is 10.2. The fourth-order valence-corrected chi connectivity index (χ4v) is 7.37. The van der Waals surface area contributed by atoms with Gasteiger partial charge in [-0.2, -0.15) is 5.26 Å². The first-order valence-corrected chi connectivity index (χ1v) is 15.8. The Labute approximate surface area is 263 Å². The number of fused-ring (bicyclic) bond motifs is 6. The van der Waals surface area contributed by atoms with Crippen LogP contribution in [0.25, 0.3) is 55.0 Å². The quantitative estimate of drug-likeness (QED) is 0.204. The Hall–Kier alpha value is -5.33. The molecule has 8 rings (SSSR count). The number of para-hydroxylation sites is 3. The average Bonchev–Trinajstić information content (AvgIpc) is 3.57. The Morgan fingerprint density at radius 3 is 1.82 bits per heavy atom. The average molecular weight is 582 g/mol. The van der Waals surface area contributed by atoms with E-state index < -0.39 is 0 Å². The highest BCUT2D eigenvalue weighted by atomic mass is 15.0. The van der Waals surface area contributed by atoms with E-state index in [9.17, 15) is 5.26 Å². The first-order valence-electron chi connectivity index (χ1n) is 15.8. The lowest BCUT2D eigenvalue weighted by Gasteiger charge is -2.30. The standard InChI is InChI=1S/C42H35N3/c1-27-35(22-28(26-43)23-41(27)45-38-18-9-5-14-32(38)33-15-6-10-19-39(33)45)29-12-11-13-31(24-29)44-37-17-8-7-16-34(37)36-25-30(42(2,3)4)20-21-40(36)44/h5-25,27,35H,1-4H3. The molecule has 3 heteroatoms. The van der Waals surface area contributed by atoms with Crippen LogP contribution < -0.4 is 0 Å². The van der Waals surface area contributed by atoms with Gasteiger partial charge in [0.2, 0.25) is 0 Å². The van der Waals surface area contributed by atoms with Gasteiger partial charge in [-0.05, 0) is 65.1 Å². The van der Waals surface area contributed by atoms with Crippen molar-refractivity contribution < 1.29 is 0 Å². The summed E-state index contributed by atoms with van der Waals surface area (Å²) in [6.45, 7) is 9.11. The number of allylic oxidation sites excluding steroid dienone is 4. The molecule has 7 aromatic rings. The Balaban J connectivity index is 1.29. The third-order valence-corrected chi connectivity index (χ3v) is 9.69. The van der Waals surface area contributed by atoms with Gasteiger partial charge in [-0.25, -0.2) is 0 Å². The Kier molecular flexibility index (Phi) is 6.12. The van der Waals surface area contributed by atoms with Crippen LogP contribution in [0.1, 0.15) is 44.7 Å². The second-order valence-electron chi connectivity index (χ2n) is 13.4. The van der Waals surface area contributed by atoms with E-state index in [0.29, 0.717) is 5.57 Å². The lowest BCUT2D eigenvalue weighted by atomic mass is 9.79. The zero-order valence-electron chi connectivity index (χ0n) is 26.1. The second kappa shape index (κ2) is 10.1. The van der Waals surface area contributed by atoms with Crippen molar-refractivity contribution in [3.05, 3.63) is 144 Å². The van der Waals surface area contributed by atoms with Crippen LogP contribution in [0.4, 0.5) is 0 Å². The molecular weight excluding hydrogens is 546 g/mol. The van der Waals surface area contributed by atoms with Crippen molar-refractivity contribution in [1.29, 1.82) is 5.26 Å². The molecule has 2 heterocycles.